The Bertz CT molecular complexity index is 1850. The quantitative estimate of drug-likeness (QED) is 0.0865. The smallest absolute Gasteiger partial charge is 0.159 e. The minimum absolute atomic E-state index is 0.0476. The Hall–Kier alpha value is -5.16. The molecule has 4 rings (SSSR count). The molecule has 0 aliphatic carbocycles. The lowest BCUT2D eigenvalue weighted by Gasteiger charge is -2.13. The van der Waals surface area contributed by atoms with Crippen LogP contribution in [0.15, 0.2) is 103 Å². The van der Waals surface area contributed by atoms with Gasteiger partial charge in [0.25, 0.3) is 0 Å². The van der Waals surface area contributed by atoms with Crippen molar-refractivity contribution >= 4 is 55.1 Å². The molecule has 14 nitrogen and oxygen atoms in total. The number of hydrogen-bond donors (Lipinski definition) is 4. The van der Waals surface area contributed by atoms with Crippen LogP contribution in [0.4, 0.5) is 22.7 Å². The average Bonchev–Trinajstić information content (AvgIpc) is 2.92. The van der Waals surface area contributed by atoms with E-state index < -0.39 is 41.5 Å². The zero-order chi connectivity index (χ0) is 30.7. The zero-order valence-electron chi connectivity index (χ0n) is 20.9. The van der Waals surface area contributed by atoms with E-state index in [0.29, 0.717) is 0 Å². The van der Waals surface area contributed by atoms with Crippen molar-refractivity contribution in [2.45, 2.75) is 9.79 Å². The van der Waals surface area contributed by atoms with Crippen LogP contribution in [0, 0.1) is 0 Å². The Morgan fingerprint density at radius 2 is 0.786 bits per heavy atom. The molecule has 0 spiro atoms. The Kier molecular flexibility index (Phi) is 8.34. The van der Waals surface area contributed by atoms with Gasteiger partial charge in [0.05, 0.1) is 32.5 Å². The molecule has 16 heteroatoms. The van der Waals surface area contributed by atoms with Crippen molar-refractivity contribution < 1.29 is 46.4 Å². The number of benzene rings is 4. The average molecular weight is 611 g/mol. The molecule has 0 heterocycles. The Morgan fingerprint density at radius 3 is 1.10 bits per heavy atom. The fraction of sp³-hybridized carbons (Fsp3) is 0. The number of hydrogen-bond acceptors (Lipinski definition) is 14. The summed E-state index contributed by atoms with van der Waals surface area (Å²) in [4.78, 5) is -1.42. The van der Waals surface area contributed by atoms with Crippen LogP contribution in [0.3, 0.4) is 0 Å². The Morgan fingerprint density at radius 1 is 0.476 bits per heavy atom. The molecule has 0 radical (unpaired) electrons. The number of phenolic OH excluding ortho intramolecular Hbond substituents is 4. The van der Waals surface area contributed by atoms with Crippen LogP contribution in [0.1, 0.15) is 11.1 Å². The van der Waals surface area contributed by atoms with E-state index in [1.165, 1.54) is 36.4 Å². The van der Waals surface area contributed by atoms with Crippen molar-refractivity contribution in [3.8, 4) is 23.0 Å². The third kappa shape index (κ3) is 7.32. The largest absolute Gasteiger partial charge is 0.744 e. The van der Waals surface area contributed by atoms with E-state index in [9.17, 15) is 46.4 Å². The van der Waals surface area contributed by atoms with Crippen molar-refractivity contribution in [3.05, 3.63) is 83.9 Å². The molecule has 4 aromatic carbocycles. The Labute approximate surface area is 238 Å². The molecule has 0 aliphatic rings. The molecule has 0 saturated carbocycles. The number of azo groups is 2. The van der Waals surface area contributed by atoms with Gasteiger partial charge in [0.2, 0.25) is 0 Å². The molecule has 0 fully saturated rings. The maximum Gasteiger partial charge on any atom is 0.159 e. The zero-order valence-corrected chi connectivity index (χ0v) is 22.6. The normalized spacial score (nSPS) is 12.5. The second-order valence-corrected chi connectivity index (χ2v) is 11.1. The lowest BCUT2D eigenvalue weighted by Crippen LogP contribution is -2.02. The van der Waals surface area contributed by atoms with Crippen LogP contribution in [-0.4, -0.2) is 46.4 Å². The maximum absolute atomic E-state index is 12.0. The van der Waals surface area contributed by atoms with Gasteiger partial charge >= 0.3 is 0 Å². The van der Waals surface area contributed by atoms with E-state index in [-0.39, 0.29) is 45.4 Å². The summed E-state index contributed by atoms with van der Waals surface area (Å²) in [6.07, 6.45) is 2.24. The van der Waals surface area contributed by atoms with Crippen LogP contribution in [0.2, 0.25) is 0 Å². The van der Waals surface area contributed by atoms with Gasteiger partial charge in [-0.2, -0.15) is 20.5 Å². The van der Waals surface area contributed by atoms with E-state index in [2.05, 4.69) is 20.5 Å². The first-order chi connectivity index (χ1) is 19.7. The predicted molar refractivity (Wildman–Crippen MR) is 146 cm³/mol. The maximum atomic E-state index is 12.0. The molecule has 0 saturated heterocycles. The second-order valence-electron chi connectivity index (χ2n) is 8.43. The summed E-state index contributed by atoms with van der Waals surface area (Å²) in [5.74, 6) is -1.68. The summed E-state index contributed by atoms with van der Waals surface area (Å²) in [7, 11) is -10.1. The lowest BCUT2D eigenvalue weighted by molar-refractivity contribution is 0.404. The van der Waals surface area contributed by atoms with E-state index in [1.54, 1.807) is 0 Å². The molecule has 0 aliphatic heterocycles. The van der Waals surface area contributed by atoms with E-state index in [4.69, 9.17) is 0 Å². The molecule has 0 amide bonds. The third-order valence-electron chi connectivity index (χ3n) is 5.46. The van der Waals surface area contributed by atoms with Crippen LogP contribution < -0.4 is 0 Å². The van der Waals surface area contributed by atoms with Crippen molar-refractivity contribution in [2.75, 3.05) is 0 Å². The monoisotopic (exact) mass is 610 g/mol. The van der Waals surface area contributed by atoms with Crippen LogP contribution >= 0.6 is 0 Å². The Balaban J connectivity index is 1.66. The van der Waals surface area contributed by atoms with Gasteiger partial charge in [-0.25, -0.2) is 16.8 Å². The van der Waals surface area contributed by atoms with Crippen LogP contribution in [0.25, 0.3) is 12.2 Å². The molecular formula is C26H18N4O10S2-2. The van der Waals surface area contributed by atoms with Gasteiger partial charge < -0.3 is 29.5 Å². The minimum atomic E-state index is -5.06. The fourth-order valence-electron chi connectivity index (χ4n) is 3.44. The molecule has 216 valence electrons. The van der Waals surface area contributed by atoms with Gasteiger partial charge in [0, 0.05) is 12.1 Å². The summed E-state index contributed by atoms with van der Waals surface area (Å²) in [6.45, 7) is 0. The molecule has 4 N–H and O–H groups in total. The lowest BCUT2D eigenvalue weighted by atomic mass is 10.1. The standard InChI is InChI=1S/C26H20N4O10S2/c31-21-9-7-17(11-23(21)33)27-29-19-5-3-15(25(13-19)41(35,36)37)1-2-16-4-6-20(14-26(16)42(38,39)40)30-28-18-8-10-22(32)24(34)12-18/h1-14,31-34H,(H,35,36,37)(H,38,39,40)/p-2/b2-1+,29-27?,30-28?. The summed E-state index contributed by atoms with van der Waals surface area (Å²) in [6, 6.07) is 14.1. The van der Waals surface area contributed by atoms with E-state index in [0.717, 1.165) is 48.6 Å². The van der Waals surface area contributed by atoms with Crippen molar-refractivity contribution in [2.24, 2.45) is 20.5 Å². The molecule has 0 unspecified atom stereocenters. The van der Waals surface area contributed by atoms with Gasteiger partial charge in [-0.15, -0.1) is 0 Å². The first-order valence-corrected chi connectivity index (χ1v) is 14.3. The highest BCUT2D eigenvalue weighted by Crippen LogP contribution is 2.33. The second kappa shape index (κ2) is 11.8. The highest BCUT2D eigenvalue weighted by atomic mass is 32.2. The summed E-state index contributed by atoms with van der Waals surface area (Å²) < 4.78 is 71.7. The SMILES string of the molecule is O=S(=O)([O-])c1cc(N=Nc2ccc(O)c(O)c2)ccc1/C=C/c1ccc(N=Nc2ccc(O)c(O)c2)cc1S(=O)(=O)[O-]. The van der Waals surface area contributed by atoms with Crippen molar-refractivity contribution in [1.29, 1.82) is 0 Å². The first-order valence-electron chi connectivity index (χ1n) is 11.5. The summed E-state index contributed by atoms with van der Waals surface area (Å²) in [5.41, 5.74) is -0.136. The number of aromatic hydroxyl groups is 4. The number of nitrogens with zero attached hydrogens (tertiary/aromatic N) is 4. The van der Waals surface area contributed by atoms with Gasteiger partial charge in [-0.1, -0.05) is 24.3 Å². The first kappa shape index (κ1) is 29.8. The fourth-order valence-corrected chi connectivity index (χ4v) is 4.82. The van der Waals surface area contributed by atoms with Gasteiger partial charge in [-0.3, -0.25) is 0 Å². The molecule has 4 aromatic rings. The highest BCUT2D eigenvalue weighted by molar-refractivity contribution is 7.86. The van der Waals surface area contributed by atoms with Crippen LogP contribution in [-0.2, 0) is 20.2 Å². The molecular weight excluding hydrogens is 592 g/mol. The van der Waals surface area contributed by atoms with Crippen molar-refractivity contribution in [1.82, 2.24) is 0 Å². The predicted octanol–water partition coefficient (Wildman–Crippen LogP) is 5.32. The van der Waals surface area contributed by atoms with E-state index >= 15 is 0 Å². The van der Waals surface area contributed by atoms with Crippen molar-refractivity contribution in [3.63, 3.8) is 0 Å². The summed E-state index contributed by atoms with van der Waals surface area (Å²) in [5, 5.41) is 53.1. The molecule has 42 heavy (non-hydrogen) atoms. The molecule has 0 atom stereocenters. The van der Waals surface area contributed by atoms with Gasteiger partial charge in [0.1, 0.15) is 20.2 Å². The highest BCUT2D eigenvalue weighted by Gasteiger charge is 2.12. The molecule has 0 aromatic heterocycles. The topological polar surface area (TPSA) is 245 Å². The number of rotatable bonds is 8. The minimum Gasteiger partial charge on any atom is -0.744 e. The van der Waals surface area contributed by atoms with Crippen LogP contribution in [0.5, 0.6) is 23.0 Å². The molecule has 0 bridgehead atoms. The summed E-state index contributed by atoms with van der Waals surface area (Å²) >= 11 is 0. The van der Waals surface area contributed by atoms with Gasteiger partial charge in [-0.05, 0) is 59.7 Å². The third-order valence-corrected chi connectivity index (χ3v) is 7.24. The van der Waals surface area contributed by atoms with Gasteiger partial charge in [0.15, 0.2) is 23.0 Å². The number of phenols is 4. The van der Waals surface area contributed by atoms with E-state index in [1.807, 2.05) is 0 Å².